The Morgan fingerprint density at radius 3 is 2.82 bits per heavy atom. The van der Waals surface area contributed by atoms with Gasteiger partial charge in [0, 0.05) is 6.20 Å². The maximum atomic E-state index is 4.34. The van der Waals surface area contributed by atoms with Crippen molar-refractivity contribution in [3.63, 3.8) is 0 Å². The SMILES string of the molecule is Cc1ccc([C@H]2CCN2)nc1. The molecule has 0 aromatic carbocycles. The quantitative estimate of drug-likeness (QED) is 0.651. The van der Waals surface area contributed by atoms with Crippen LogP contribution in [0.4, 0.5) is 0 Å². The van der Waals surface area contributed by atoms with Crippen LogP contribution in [0.15, 0.2) is 18.3 Å². The van der Waals surface area contributed by atoms with Gasteiger partial charge in [0.05, 0.1) is 11.7 Å². The van der Waals surface area contributed by atoms with Gasteiger partial charge >= 0.3 is 0 Å². The Bertz CT molecular complexity index is 236. The summed E-state index contributed by atoms with van der Waals surface area (Å²) in [7, 11) is 0. The number of aryl methyl sites for hydroxylation is 1. The number of rotatable bonds is 1. The highest BCUT2D eigenvalue weighted by Gasteiger charge is 2.18. The molecule has 2 rings (SSSR count). The van der Waals surface area contributed by atoms with Gasteiger partial charge in [-0.05, 0) is 31.5 Å². The van der Waals surface area contributed by atoms with Crippen LogP contribution in [0.2, 0.25) is 0 Å². The minimum atomic E-state index is 0.524. The molecule has 0 unspecified atom stereocenters. The van der Waals surface area contributed by atoms with E-state index in [9.17, 15) is 0 Å². The Hall–Kier alpha value is -0.890. The van der Waals surface area contributed by atoms with Gasteiger partial charge in [0.15, 0.2) is 0 Å². The van der Waals surface area contributed by atoms with Gasteiger partial charge in [0.25, 0.3) is 0 Å². The van der Waals surface area contributed by atoms with Gasteiger partial charge in [-0.15, -0.1) is 0 Å². The van der Waals surface area contributed by atoms with E-state index < -0.39 is 0 Å². The van der Waals surface area contributed by atoms with Crippen LogP contribution in [0.1, 0.15) is 23.7 Å². The van der Waals surface area contributed by atoms with Crippen molar-refractivity contribution in [2.75, 3.05) is 6.54 Å². The molecule has 1 aliphatic heterocycles. The average Bonchev–Trinajstić information content (AvgIpc) is 1.90. The average molecular weight is 148 g/mol. The van der Waals surface area contributed by atoms with Crippen LogP contribution in [0.25, 0.3) is 0 Å². The Kier molecular flexibility index (Phi) is 1.62. The van der Waals surface area contributed by atoms with Crippen LogP contribution in [-0.2, 0) is 0 Å². The Balaban J connectivity index is 2.18. The van der Waals surface area contributed by atoms with Gasteiger partial charge in [0.2, 0.25) is 0 Å². The lowest BCUT2D eigenvalue weighted by molar-refractivity contribution is 0.375. The van der Waals surface area contributed by atoms with E-state index in [2.05, 4.69) is 29.4 Å². The molecule has 2 heteroatoms. The summed E-state index contributed by atoms with van der Waals surface area (Å²) in [6.45, 7) is 3.20. The molecule has 2 heterocycles. The van der Waals surface area contributed by atoms with Gasteiger partial charge in [-0.1, -0.05) is 6.07 Å². The van der Waals surface area contributed by atoms with Gasteiger partial charge in [-0.25, -0.2) is 0 Å². The minimum Gasteiger partial charge on any atom is -0.309 e. The Morgan fingerprint density at radius 2 is 2.36 bits per heavy atom. The summed E-state index contributed by atoms with van der Waals surface area (Å²) >= 11 is 0. The third-order valence-electron chi connectivity index (χ3n) is 2.12. The first kappa shape index (κ1) is 6.80. The molecular weight excluding hydrogens is 136 g/mol. The molecule has 1 saturated heterocycles. The lowest BCUT2D eigenvalue weighted by Gasteiger charge is -2.26. The summed E-state index contributed by atoms with van der Waals surface area (Å²) in [4.78, 5) is 4.34. The topological polar surface area (TPSA) is 24.9 Å². The summed E-state index contributed by atoms with van der Waals surface area (Å²) in [5.74, 6) is 0. The van der Waals surface area contributed by atoms with Crippen molar-refractivity contribution in [1.82, 2.24) is 10.3 Å². The van der Waals surface area contributed by atoms with Crippen molar-refractivity contribution >= 4 is 0 Å². The number of pyridine rings is 1. The fourth-order valence-electron chi connectivity index (χ4n) is 1.23. The molecule has 11 heavy (non-hydrogen) atoms. The summed E-state index contributed by atoms with van der Waals surface area (Å²) in [5.41, 5.74) is 2.41. The number of nitrogens with one attached hydrogen (secondary N) is 1. The van der Waals surface area contributed by atoms with E-state index in [0.29, 0.717) is 6.04 Å². The zero-order valence-corrected chi connectivity index (χ0v) is 6.67. The van der Waals surface area contributed by atoms with Gasteiger partial charge < -0.3 is 5.32 Å². The molecule has 0 radical (unpaired) electrons. The maximum Gasteiger partial charge on any atom is 0.0573 e. The normalized spacial score (nSPS) is 22.8. The van der Waals surface area contributed by atoms with Gasteiger partial charge in [0.1, 0.15) is 0 Å². The molecule has 58 valence electrons. The number of hydrogen-bond donors (Lipinski definition) is 1. The molecule has 0 amide bonds. The number of hydrogen-bond acceptors (Lipinski definition) is 2. The van der Waals surface area contributed by atoms with Gasteiger partial charge in [-0.3, -0.25) is 4.98 Å². The predicted octanol–water partition coefficient (Wildman–Crippen LogP) is 1.42. The molecule has 0 spiro atoms. The van der Waals surface area contributed by atoms with Crippen LogP contribution in [-0.4, -0.2) is 11.5 Å². The number of aromatic nitrogens is 1. The molecule has 1 atom stereocenters. The monoisotopic (exact) mass is 148 g/mol. The van der Waals surface area contributed by atoms with Gasteiger partial charge in [-0.2, -0.15) is 0 Å². The minimum absolute atomic E-state index is 0.524. The molecule has 1 aromatic heterocycles. The first-order chi connectivity index (χ1) is 5.36. The first-order valence-electron chi connectivity index (χ1n) is 4.02. The van der Waals surface area contributed by atoms with E-state index in [-0.39, 0.29) is 0 Å². The molecule has 0 saturated carbocycles. The first-order valence-corrected chi connectivity index (χ1v) is 4.02. The second-order valence-corrected chi connectivity index (χ2v) is 3.06. The fourth-order valence-corrected chi connectivity index (χ4v) is 1.23. The Labute approximate surface area is 66.7 Å². The Morgan fingerprint density at radius 1 is 1.55 bits per heavy atom. The molecule has 1 aromatic rings. The van der Waals surface area contributed by atoms with E-state index in [4.69, 9.17) is 0 Å². The summed E-state index contributed by atoms with van der Waals surface area (Å²) in [6, 6.07) is 4.74. The largest absolute Gasteiger partial charge is 0.309 e. The second kappa shape index (κ2) is 2.62. The summed E-state index contributed by atoms with van der Waals surface area (Å²) < 4.78 is 0. The van der Waals surface area contributed by atoms with E-state index >= 15 is 0 Å². The van der Waals surface area contributed by atoms with Crippen molar-refractivity contribution in [3.8, 4) is 0 Å². The summed E-state index contributed by atoms with van der Waals surface area (Å²) in [6.07, 6.45) is 3.16. The van der Waals surface area contributed by atoms with Crippen molar-refractivity contribution in [2.24, 2.45) is 0 Å². The third kappa shape index (κ3) is 1.26. The van der Waals surface area contributed by atoms with E-state index in [0.717, 1.165) is 6.54 Å². The van der Waals surface area contributed by atoms with E-state index in [1.54, 1.807) is 0 Å². The molecule has 1 N–H and O–H groups in total. The maximum absolute atomic E-state index is 4.34. The van der Waals surface area contributed by atoms with Crippen LogP contribution < -0.4 is 5.32 Å². The lowest BCUT2D eigenvalue weighted by atomic mass is 10.0. The van der Waals surface area contributed by atoms with Crippen molar-refractivity contribution < 1.29 is 0 Å². The van der Waals surface area contributed by atoms with E-state index in [1.165, 1.54) is 17.7 Å². The summed E-state index contributed by atoms with van der Waals surface area (Å²) in [5, 5.41) is 3.32. The zero-order valence-electron chi connectivity index (χ0n) is 6.67. The van der Waals surface area contributed by atoms with Crippen LogP contribution in [0.5, 0.6) is 0 Å². The van der Waals surface area contributed by atoms with Crippen molar-refractivity contribution in [2.45, 2.75) is 19.4 Å². The van der Waals surface area contributed by atoms with Crippen LogP contribution >= 0.6 is 0 Å². The molecule has 2 nitrogen and oxygen atoms in total. The molecule has 1 aliphatic rings. The van der Waals surface area contributed by atoms with Crippen molar-refractivity contribution in [1.29, 1.82) is 0 Å². The highest BCUT2D eigenvalue weighted by atomic mass is 15.0. The predicted molar refractivity (Wildman–Crippen MR) is 44.3 cm³/mol. The molecule has 1 fully saturated rings. The zero-order chi connectivity index (χ0) is 7.68. The second-order valence-electron chi connectivity index (χ2n) is 3.06. The molecular formula is C9H12N2. The highest BCUT2D eigenvalue weighted by molar-refractivity contribution is 5.16. The third-order valence-corrected chi connectivity index (χ3v) is 2.12. The van der Waals surface area contributed by atoms with E-state index in [1.807, 2.05) is 6.20 Å². The molecule has 0 bridgehead atoms. The number of nitrogens with zero attached hydrogens (tertiary/aromatic N) is 1. The van der Waals surface area contributed by atoms with Crippen molar-refractivity contribution in [3.05, 3.63) is 29.6 Å². The van der Waals surface area contributed by atoms with Crippen LogP contribution in [0.3, 0.4) is 0 Å². The fraction of sp³-hybridized carbons (Fsp3) is 0.444. The van der Waals surface area contributed by atoms with Crippen LogP contribution in [0, 0.1) is 6.92 Å². The standard InChI is InChI=1S/C9H12N2/c1-7-2-3-8(11-6-7)9-4-5-10-9/h2-3,6,9-10H,4-5H2,1H3/t9-/m1/s1. The smallest absolute Gasteiger partial charge is 0.0573 e. The molecule has 0 aliphatic carbocycles. The highest BCUT2D eigenvalue weighted by Crippen LogP contribution is 2.20. The lowest BCUT2D eigenvalue weighted by Crippen LogP contribution is -2.35.